The quantitative estimate of drug-likeness (QED) is 0.633. The van der Waals surface area contributed by atoms with Crippen molar-refractivity contribution in [2.75, 3.05) is 11.9 Å². The fourth-order valence-corrected chi connectivity index (χ4v) is 2.79. The first-order chi connectivity index (χ1) is 12.8. The Morgan fingerprint density at radius 2 is 1.52 bits per heavy atom. The van der Waals surface area contributed by atoms with Gasteiger partial charge in [-0.1, -0.05) is 66.7 Å². The van der Waals surface area contributed by atoms with E-state index in [0.717, 1.165) is 22.9 Å². The van der Waals surface area contributed by atoms with Crippen LogP contribution in [0.15, 0.2) is 72.8 Å². The van der Waals surface area contributed by atoms with Crippen molar-refractivity contribution >= 4 is 22.5 Å². The number of alkyl halides is 3. The second kappa shape index (κ2) is 7.28. The standard InChI is InChI=1S/C20H17F3N2O2/c21-20(22,23)19(27,15-9-2-1-3-10-15)13-24-18(26)25-17-12-6-8-14-7-4-5-11-16(14)17/h1-12,27H,13H2,(H2,24,25,26)/t19-/m1/s1. The molecule has 0 spiro atoms. The van der Waals surface area contributed by atoms with Crippen molar-refractivity contribution in [2.45, 2.75) is 11.8 Å². The first-order valence-corrected chi connectivity index (χ1v) is 8.18. The zero-order chi connectivity index (χ0) is 19.5. The fourth-order valence-electron chi connectivity index (χ4n) is 2.79. The largest absolute Gasteiger partial charge is 0.423 e. The fraction of sp³-hybridized carbons (Fsp3) is 0.150. The number of carbonyl (C=O) groups excluding carboxylic acids is 1. The molecule has 0 aliphatic carbocycles. The van der Waals surface area contributed by atoms with Gasteiger partial charge >= 0.3 is 12.2 Å². The second-order valence-electron chi connectivity index (χ2n) is 6.06. The van der Waals surface area contributed by atoms with E-state index >= 15 is 0 Å². The molecule has 0 heterocycles. The summed E-state index contributed by atoms with van der Waals surface area (Å²) in [4.78, 5) is 12.2. The Morgan fingerprint density at radius 3 is 2.22 bits per heavy atom. The molecular weight excluding hydrogens is 357 g/mol. The van der Waals surface area contributed by atoms with E-state index in [4.69, 9.17) is 0 Å². The highest BCUT2D eigenvalue weighted by molar-refractivity contribution is 6.01. The molecule has 0 unspecified atom stereocenters. The van der Waals surface area contributed by atoms with Gasteiger partial charge in [0.15, 0.2) is 0 Å². The molecule has 27 heavy (non-hydrogen) atoms. The van der Waals surface area contributed by atoms with Gasteiger partial charge in [-0.2, -0.15) is 13.2 Å². The number of benzene rings is 3. The summed E-state index contributed by atoms with van der Waals surface area (Å²) >= 11 is 0. The highest BCUT2D eigenvalue weighted by atomic mass is 19.4. The molecule has 0 fully saturated rings. The molecule has 3 aromatic carbocycles. The summed E-state index contributed by atoms with van der Waals surface area (Å²) in [5.41, 5.74) is -3.08. The van der Waals surface area contributed by atoms with Crippen LogP contribution in [0.25, 0.3) is 10.8 Å². The summed E-state index contributed by atoms with van der Waals surface area (Å²) in [6, 6.07) is 18.3. The van der Waals surface area contributed by atoms with Crippen molar-refractivity contribution in [1.82, 2.24) is 5.32 Å². The Labute approximate surface area is 153 Å². The number of aliphatic hydroxyl groups is 1. The van der Waals surface area contributed by atoms with Gasteiger partial charge in [-0.25, -0.2) is 4.79 Å². The number of halogens is 3. The first-order valence-electron chi connectivity index (χ1n) is 8.18. The third-order valence-corrected chi connectivity index (χ3v) is 4.26. The summed E-state index contributed by atoms with van der Waals surface area (Å²) in [7, 11) is 0. The molecular formula is C20H17F3N2O2. The summed E-state index contributed by atoms with van der Waals surface area (Å²) in [6.45, 7) is -1.02. The van der Waals surface area contributed by atoms with E-state index in [2.05, 4.69) is 10.6 Å². The molecule has 4 nitrogen and oxygen atoms in total. The van der Waals surface area contributed by atoms with Crippen LogP contribution in [0.1, 0.15) is 5.56 Å². The lowest BCUT2D eigenvalue weighted by Crippen LogP contribution is -2.51. The average Bonchev–Trinajstić information content (AvgIpc) is 2.66. The van der Waals surface area contributed by atoms with Crippen molar-refractivity contribution in [3.63, 3.8) is 0 Å². The van der Waals surface area contributed by atoms with Gasteiger partial charge in [0.2, 0.25) is 5.60 Å². The summed E-state index contributed by atoms with van der Waals surface area (Å²) in [5, 5.41) is 16.5. The maximum absolute atomic E-state index is 13.5. The molecule has 0 radical (unpaired) electrons. The van der Waals surface area contributed by atoms with E-state index in [9.17, 15) is 23.1 Å². The lowest BCUT2D eigenvalue weighted by atomic mass is 9.93. The van der Waals surface area contributed by atoms with Gasteiger partial charge in [-0.3, -0.25) is 0 Å². The van der Waals surface area contributed by atoms with Gasteiger partial charge < -0.3 is 15.7 Å². The number of nitrogens with one attached hydrogen (secondary N) is 2. The average molecular weight is 374 g/mol. The normalized spacial score (nSPS) is 13.8. The molecule has 140 valence electrons. The van der Waals surface area contributed by atoms with Gasteiger partial charge in [-0.15, -0.1) is 0 Å². The van der Waals surface area contributed by atoms with E-state index in [1.54, 1.807) is 30.3 Å². The van der Waals surface area contributed by atoms with Crippen molar-refractivity contribution in [2.24, 2.45) is 0 Å². The number of hydrogen-bond donors (Lipinski definition) is 3. The van der Waals surface area contributed by atoms with Crippen LogP contribution in [0.4, 0.5) is 23.7 Å². The number of anilines is 1. The Bertz CT molecular complexity index is 939. The zero-order valence-electron chi connectivity index (χ0n) is 14.1. The maximum Gasteiger partial charge on any atom is 0.423 e. The third-order valence-electron chi connectivity index (χ3n) is 4.26. The van der Waals surface area contributed by atoms with Crippen LogP contribution < -0.4 is 10.6 Å². The predicted octanol–water partition coefficient (Wildman–Crippen LogP) is 4.41. The van der Waals surface area contributed by atoms with Crippen LogP contribution in [0, 0.1) is 0 Å². The van der Waals surface area contributed by atoms with Crippen molar-refractivity contribution in [1.29, 1.82) is 0 Å². The lowest BCUT2D eigenvalue weighted by Gasteiger charge is -2.31. The van der Waals surface area contributed by atoms with Crippen molar-refractivity contribution in [3.05, 3.63) is 78.4 Å². The number of hydrogen-bond acceptors (Lipinski definition) is 2. The smallest absolute Gasteiger partial charge is 0.375 e. The number of urea groups is 1. The maximum atomic E-state index is 13.5. The first kappa shape index (κ1) is 18.7. The van der Waals surface area contributed by atoms with E-state index in [1.807, 2.05) is 18.2 Å². The molecule has 3 N–H and O–H groups in total. The molecule has 0 bridgehead atoms. The molecule has 0 aliphatic rings. The van der Waals surface area contributed by atoms with Crippen molar-refractivity contribution < 1.29 is 23.1 Å². The monoisotopic (exact) mass is 374 g/mol. The van der Waals surface area contributed by atoms with E-state index in [0.29, 0.717) is 5.69 Å². The van der Waals surface area contributed by atoms with Crippen LogP contribution in [0.3, 0.4) is 0 Å². The molecule has 0 saturated carbocycles. The minimum atomic E-state index is -4.96. The minimum absolute atomic E-state index is 0.344. The van der Waals surface area contributed by atoms with Crippen LogP contribution in [-0.4, -0.2) is 23.9 Å². The van der Waals surface area contributed by atoms with Crippen molar-refractivity contribution in [3.8, 4) is 0 Å². The van der Waals surface area contributed by atoms with Gasteiger partial charge in [0.25, 0.3) is 0 Å². The molecule has 2 amide bonds. The Morgan fingerprint density at radius 1 is 0.889 bits per heavy atom. The third kappa shape index (κ3) is 3.88. The predicted molar refractivity (Wildman–Crippen MR) is 97.4 cm³/mol. The number of rotatable bonds is 4. The van der Waals surface area contributed by atoms with Gasteiger partial charge in [-0.05, 0) is 17.0 Å². The summed E-state index contributed by atoms with van der Waals surface area (Å²) in [5.74, 6) is 0. The number of carbonyl (C=O) groups is 1. The van der Waals surface area contributed by atoms with Crippen LogP contribution in [0.2, 0.25) is 0 Å². The molecule has 3 rings (SSSR count). The van der Waals surface area contributed by atoms with E-state index in [-0.39, 0.29) is 5.56 Å². The number of amides is 2. The Kier molecular flexibility index (Phi) is 5.05. The Balaban J connectivity index is 1.77. The Hall–Kier alpha value is -3.06. The molecule has 7 heteroatoms. The highest BCUT2D eigenvalue weighted by Gasteiger charge is 2.55. The van der Waals surface area contributed by atoms with Gasteiger partial charge in [0.1, 0.15) is 0 Å². The molecule has 3 aromatic rings. The van der Waals surface area contributed by atoms with E-state index < -0.39 is 24.4 Å². The van der Waals surface area contributed by atoms with Gasteiger partial charge in [0, 0.05) is 5.39 Å². The summed E-state index contributed by atoms with van der Waals surface area (Å²) in [6.07, 6.45) is -4.96. The molecule has 0 aromatic heterocycles. The van der Waals surface area contributed by atoms with Crippen LogP contribution >= 0.6 is 0 Å². The zero-order valence-corrected chi connectivity index (χ0v) is 14.1. The topological polar surface area (TPSA) is 61.4 Å². The van der Waals surface area contributed by atoms with E-state index in [1.165, 1.54) is 12.1 Å². The summed E-state index contributed by atoms with van der Waals surface area (Å²) < 4.78 is 40.4. The minimum Gasteiger partial charge on any atom is -0.375 e. The molecule has 1 atom stereocenters. The highest BCUT2D eigenvalue weighted by Crippen LogP contribution is 2.38. The molecule has 0 aliphatic heterocycles. The van der Waals surface area contributed by atoms with Crippen LogP contribution in [0.5, 0.6) is 0 Å². The van der Waals surface area contributed by atoms with Gasteiger partial charge in [0.05, 0.1) is 12.2 Å². The van der Waals surface area contributed by atoms with Crippen LogP contribution in [-0.2, 0) is 5.60 Å². The second-order valence-corrected chi connectivity index (χ2v) is 6.06. The SMILES string of the molecule is O=C(NC[C@@](O)(c1ccccc1)C(F)(F)F)Nc1cccc2ccccc12. The lowest BCUT2D eigenvalue weighted by molar-refractivity contribution is -0.263. The molecule has 0 saturated heterocycles. The number of fused-ring (bicyclic) bond motifs is 1.